The highest BCUT2D eigenvalue weighted by atomic mass is 16.5. The highest BCUT2D eigenvalue weighted by molar-refractivity contribution is 5.47. The second-order valence-corrected chi connectivity index (χ2v) is 6.48. The molecule has 0 amide bonds. The molecule has 1 saturated heterocycles. The summed E-state index contributed by atoms with van der Waals surface area (Å²) in [7, 11) is 2.15. The minimum absolute atomic E-state index is 0.0276. The smallest absolute Gasteiger partial charge is 0.115 e. The van der Waals surface area contributed by atoms with Crippen LogP contribution in [-0.2, 0) is 10.3 Å². The molecule has 4 rings (SSSR count). The van der Waals surface area contributed by atoms with Gasteiger partial charge < -0.3 is 14.7 Å². The monoisotopic (exact) mass is 295 g/mol. The minimum atomic E-state index is -0.249. The second-order valence-electron chi connectivity index (χ2n) is 6.48. The molecule has 114 valence electrons. The Morgan fingerprint density at radius 2 is 1.82 bits per heavy atom. The topological polar surface area (TPSA) is 32.7 Å². The Labute approximate surface area is 131 Å². The van der Waals surface area contributed by atoms with Gasteiger partial charge in [-0.1, -0.05) is 36.4 Å². The third-order valence-corrected chi connectivity index (χ3v) is 5.05. The molecule has 0 bridgehead atoms. The van der Waals surface area contributed by atoms with Gasteiger partial charge in [-0.3, -0.25) is 0 Å². The molecule has 0 aliphatic carbocycles. The highest BCUT2D eigenvalue weighted by Crippen LogP contribution is 2.51. The molecular weight excluding hydrogens is 274 g/mol. The Morgan fingerprint density at radius 3 is 2.55 bits per heavy atom. The van der Waals surface area contributed by atoms with Gasteiger partial charge in [0.1, 0.15) is 11.9 Å². The molecule has 2 heterocycles. The fourth-order valence-electron chi connectivity index (χ4n) is 3.76. The molecule has 0 aromatic heterocycles. The van der Waals surface area contributed by atoms with Crippen molar-refractivity contribution in [2.24, 2.45) is 0 Å². The van der Waals surface area contributed by atoms with Gasteiger partial charge in [-0.25, -0.2) is 0 Å². The van der Waals surface area contributed by atoms with Crippen molar-refractivity contribution in [3.63, 3.8) is 0 Å². The first-order valence-electron chi connectivity index (χ1n) is 7.93. The maximum atomic E-state index is 9.95. The quantitative estimate of drug-likeness (QED) is 0.875. The minimum Gasteiger partial charge on any atom is -0.508 e. The van der Waals surface area contributed by atoms with E-state index in [-0.39, 0.29) is 11.7 Å². The molecule has 2 aliphatic rings. The number of phenols is 1. The lowest BCUT2D eigenvalue weighted by Gasteiger charge is -2.38. The van der Waals surface area contributed by atoms with E-state index in [9.17, 15) is 5.11 Å². The van der Waals surface area contributed by atoms with Gasteiger partial charge >= 0.3 is 0 Å². The fraction of sp³-hybridized carbons (Fsp3) is 0.368. The number of aromatic hydroxyl groups is 1. The van der Waals surface area contributed by atoms with Crippen LogP contribution in [0.15, 0.2) is 48.5 Å². The maximum Gasteiger partial charge on any atom is 0.115 e. The summed E-state index contributed by atoms with van der Waals surface area (Å²) in [6, 6.07) is 16.1. The Morgan fingerprint density at radius 1 is 1.09 bits per heavy atom. The number of hydrogen-bond donors (Lipinski definition) is 1. The molecule has 1 N–H and O–H groups in total. The fourth-order valence-corrected chi connectivity index (χ4v) is 3.76. The van der Waals surface area contributed by atoms with Crippen molar-refractivity contribution in [3.05, 3.63) is 65.2 Å². The van der Waals surface area contributed by atoms with Gasteiger partial charge in [0.25, 0.3) is 0 Å². The molecule has 0 unspecified atom stereocenters. The van der Waals surface area contributed by atoms with Crippen molar-refractivity contribution in [2.75, 3.05) is 20.1 Å². The van der Waals surface area contributed by atoms with Gasteiger partial charge in [-0.15, -0.1) is 0 Å². The molecular formula is C19H21NO2. The molecule has 2 aliphatic heterocycles. The molecule has 3 heteroatoms. The zero-order valence-electron chi connectivity index (χ0n) is 12.8. The van der Waals surface area contributed by atoms with Crippen LogP contribution in [0.5, 0.6) is 5.75 Å². The molecule has 2 aromatic carbocycles. The first-order valence-corrected chi connectivity index (χ1v) is 7.93. The highest BCUT2D eigenvalue weighted by Gasteiger charge is 2.46. The van der Waals surface area contributed by atoms with Gasteiger partial charge in [0.15, 0.2) is 0 Å². The van der Waals surface area contributed by atoms with Crippen molar-refractivity contribution in [1.82, 2.24) is 4.90 Å². The Bertz CT molecular complexity index is 675. The third kappa shape index (κ3) is 2.13. The van der Waals surface area contributed by atoms with E-state index in [1.807, 2.05) is 18.2 Å². The van der Waals surface area contributed by atoms with E-state index in [4.69, 9.17) is 4.74 Å². The van der Waals surface area contributed by atoms with Gasteiger partial charge in [-0.05, 0) is 48.7 Å². The average molecular weight is 295 g/mol. The molecule has 3 nitrogen and oxygen atoms in total. The van der Waals surface area contributed by atoms with Crippen molar-refractivity contribution in [3.8, 4) is 5.75 Å². The molecule has 1 fully saturated rings. The van der Waals surface area contributed by atoms with Crippen molar-refractivity contribution in [2.45, 2.75) is 24.5 Å². The lowest BCUT2D eigenvalue weighted by atomic mass is 9.83. The number of nitrogens with zero attached hydrogens (tertiary/aromatic N) is 1. The van der Waals surface area contributed by atoms with Crippen LogP contribution in [0.1, 0.15) is 35.6 Å². The van der Waals surface area contributed by atoms with Gasteiger partial charge in [0.2, 0.25) is 0 Å². The summed E-state index contributed by atoms with van der Waals surface area (Å²) in [5.74, 6) is 0.328. The second kappa shape index (κ2) is 5.11. The van der Waals surface area contributed by atoms with E-state index in [0.717, 1.165) is 25.9 Å². The molecule has 1 spiro atoms. The largest absolute Gasteiger partial charge is 0.508 e. The average Bonchev–Trinajstić information content (AvgIpc) is 2.85. The number of hydrogen-bond acceptors (Lipinski definition) is 3. The Hall–Kier alpha value is -1.84. The lowest BCUT2D eigenvalue weighted by molar-refractivity contribution is -0.0941. The summed E-state index contributed by atoms with van der Waals surface area (Å²) in [6.07, 6.45) is 1.92. The van der Waals surface area contributed by atoms with E-state index < -0.39 is 0 Å². The zero-order valence-corrected chi connectivity index (χ0v) is 12.8. The first kappa shape index (κ1) is 13.8. The van der Waals surface area contributed by atoms with E-state index in [2.05, 4.69) is 36.2 Å². The summed E-state index contributed by atoms with van der Waals surface area (Å²) in [5.41, 5.74) is 3.31. The maximum absolute atomic E-state index is 9.95. The molecule has 22 heavy (non-hydrogen) atoms. The number of ether oxygens (including phenoxy) is 1. The molecule has 1 atom stereocenters. The summed E-state index contributed by atoms with van der Waals surface area (Å²) >= 11 is 0. The number of likely N-dealkylation sites (tertiary alicyclic amines) is 1. The summed E-state index contributed by atoms with van der Waals surface area (Å²) in [6.45, 7) is 2.05. The zero-order chi connectivity index (χ0) is 15.2. The van der Waals surface area contributed by atoms with Crippen LogP contribution in [0.3, 0.4) is 0 Å². The Balaban J connectivity index is 1.80. The summed E-state index contributed by atoms with van der Waals surface area (Å²) in [5, 5.41) is 9.95. The predicted molar refractivity (Wildman–Crippen MR) is 85.9 cm³/mol. The molecule has 2 aromatic rings. The van der Waals surface area contributed by atoms with Crippen molar-refractivity contribution >= 4 is 0 Å². The summed E-state index contributed by atoms with van der Waals surface area (Å²) < 4.78 is 6.61. The van der Waals surface area contributed by atoms with Crippen LogP contribution in [0.4, 0.5) is 0 Å². The van der Waals surface area contributed by atoms with Gasteiger partial charge in [0.05, 0.1) is 5.60 Å². The number of rotatable bonds is 1. The van der Waals surface area contributed by atoms with Crippen LogP contribution in [0.25, 0.3) is 0 Å². The van der Waals surface area contributed by atoms with Crippen molar-refractivity contribution < 1.29 is 9.84 Å². The van der Waals surface area contributed by atoms with Crippen LogP contribution in [0, 0.1) is 0 Å². The van der Waals surface area contributed by atoms with Gasteiger partial charge in [-0.2, -0.15) is 0 Å². The molecule has 0 saturated carbocycles. The van der Waals surface area contributed by atoms with Crippen LogP contribution in [-0.4, -0.2) is 30.1 Å². The normalized spacial score (nSPS) is 23.6. The van der Waals surface area contributed by atoms with Crippen molar-refractivity contribution in [1.29, 1.82) is 0 Å². The number of piperidine rings is 1. The van der Waals surface area contributed by atoms with Crippen LogP contribution < -0.4 is 0 Å². The Kier molecular flexibility index (Phi) is 3.21. The number of benzene rings is 2. The van der Waals surface area contributed by atoms with Crippen LogP contribution in [0.2, 0.25) is 0 Å². The van der Waals surface area contributed by atoms with Crippen LogP contribution >= 0.6 is 0 Å². The van der Waals surface area contributed by atoms with E-state index >= 15 is 0 Å². The van der Waals surface area contributed by atoms with E-state index in [0.29, 0.717) is 5.75 Å². The third-order valence-electron chi connectivity index (χ3n) is 5.05. The number of phenolic OH excluding ortho intramolecular Hbond substituents is 1. The van der Waals surface area contributed by atoms with E-state index in [1.165, 1.54) is 16.7 Å². The molecule has 0 radical (unpaired) electrons. The first-order chi connectivity index (χ1) is 10.7. The summed E-state index contributed by atoms with van der Waals surface area (Å²) in [4.78, 5) is 2.34. The lowest BCUT2D eigenvalue weighted by Crippen LogP contribution is -2.40. The SMILES string of the molecule is CN1CCC2(CC1)O[C@H](c1ccccc1)c1ccc(O)cc12. The standard InChI is InChI=1S/C19H21NO2/c1-20-11-9-19(10-12-20)17-13-15(21)7-8-16(17)18(22-19)14-5-3-2-4-6-14/h2-8,13,18,21H,9-12H2,1H3/t18-/m1/s1. The van der Waals surface area contributed by atoms with Gasteiger partial charge in [0, 0.05) is 13.1 Å². The number of fused-ring (bicyclic) bond motifs is 2. The predicted octanol–water partition coefficient (Wildman–Crippen LogP) is 3.43. The van der Waals surface area contributed by atoms with E-state index in [1.54, 1.807) is 6.07 Å².